The van der Waals surface area contributed by atoms with Gasteiger partial charge < -0.3 is 16.0 Å². The molecular weight excluding hydrogens is 218 g/mol. The van der Waals surface area contributed by atoms with Gasteiger partial charge in [0.25, 0.3) is 0 Å². The summed E-state index contributed by atoms with van der Waals surface area (Å²) < 4.78 is 0. The Morgan fingerprint density at radius 2 is 1.88 bits per heavy atom. The molecule has 0 spiro atoms. The maximum atomic E-state index is 11.9. The summed E-state index contributed by atoms with van der Waals surface area (Å²) in [5.74, 6) is -0.00215. The van der Waals surface area contributed by atoms with E-state index in [0.717, 1.165) is 12.8 Å². The van der Waals surface area contributed by atoms with Crippen molar-refractivity contribution in [2.24, 2.45) is 0 Å². The Kier molecular flexibility index (Phi) is 2.78. The fourth-order valence-electron chi connectivity index (χ4n) is 3.29. The van der Waals surface area contributed by atoms with Gasteiger partial charge in [0.1, 0.15) is 6.04 Å². The normalized spacial score (nSPS) is 40.1. The van der Waals surface area contributed by atoms with Crippen molar-refractivity contribution >= 4 is 11.8 Å². The van der Waals surface area contributed by atoms with Gasteiger partial charge in [0, 0.05) is 24.5 Å². The van der Waals surface area contributed by atoms with Gasteiger partial charge in [-0.25, -0.2) is 0 Å². The summed E-state index contributed by atoms with van der Waals surface area (Å²) in [4.78, 5) is 23.0. The Bertz CT molecular complexity index is 333. The number of nitrogens with one attached hydrogen (secondary N) is 3. The van der Waals surface area contributed by atoms with Crippen molar-refractivity contribution in [3.63, 3.8) is 0 Å². The lowest BCUT2D eigenvalue weighted by atomic mass is 9.99. The summed E-state index contributed by atoms with van der Waals surface area (Å²) in [5, 5.41) is 9.35. The van der Waals surface area contributed by atoms with Gasteiger partial charge in [-0.15, -0.1) is 0 Å². The third-order valence-corrected chi connectivity index (χ3v) is 4.13. The predicted molar refractivity (Wildman–Crippen MR) is 62.3 cm³/mol. The summed E-state index contributed by atoms with van der Waals surface area (Å²) in [6, 6.07) is 1.16. The number of amides is 2. The van der Waals surface area contributed by atoms with E-state index in [-0.39, 0.29) is 17.9 Å². The molecule has 2 bridgehead atoms. The first-order valence-electron chi connectivity index (χ1n) is 6.56. The molecule has 0 aromatic carbocycles. The van der Waals surface area contributed by atoms with E-state index in [2.05, 4.69) is 16.0 Å². The minimum Gasteiger partial charge on any atom is -0.351 e. The molecule has 0 aromatic rings. The fourth-order valence-corrected chi connectivity index (χ4v) is 3.29. The molecule has 3 rings (SSSR count). The molecule has 0 saturated carbocycles. The second-order valence-electron chi connectivity index (χ2n) is 5.47. The van der Waals surface area contributed by atoms with Gasteiger partial charge in [-0.1, -0.05) is 0 Å². The monoisotopic (exact) mass is 237 g/mol. The average molecular weight is 237 g/mol. The Balaban J connectivity index is 1.53. The quantitative estimate of drug-likeness (QED) is 0.615. The van der Waals surface area contributed by atoms with Gasteiger partial charge >= 0.3 is 0 Å². The van der Waals surface area contributed by atoms with Gasteiger partial charge in [-0.2, -0.15) is 0 Å². The summed E-state index contributed by atoms with van der Waals surface area (Å²) >= 11 is 0. The number of hydrogen-bond acceptors (Lipinski definition) is 3. The van der Waals surface area contributed by atoms with Crippen LogP contribution in [0.5, 0.6) is 0 Å². The topological polar surface area (TPSA) is 70.2 Å². The van der Waals surface area contributed by atoms with Crippen molar-refractivity contribution in [2.75, 3.05) is 0 Å². The molecule has 3 unspecified atom stereocenters. The number of hydrogen-bond donors (Lipinski definition) is 3. The number of rotatable bonds is 2. The van der Waals surface area contributed by atoms with Crippen LogP contribution >= 0.6 is 0 Å². The van der Waals surface area contributed by atoms with Crippen LogP contribution in [0.15, 0.2) is 0 Å². The molecule has 3 fully saturated rings. The van der Waals surface area contributed by atoms with E-state index in [1.807, 2.05) is 0 Å². The highest BCUT2D eigenvalue weighted by atomic mass is 16.2. The van der Waals surface area contributed by atoms with E-state index in [1.165, 1.54) is 12.8 Å². The highest BCUT2D eigenvalue weighted by molar-refractivity contribution is 5.90. The molecule has 2 amide bonds. The van der Waals surface area contributed by atoms with Crippen LogP contribution in [-0.2, 0) is 9.59 Å². The maximum Gasteiger partial charge on any atom is 0.242 e. The number of fused-ring (bicyclic) bond motifs is 2. The third-order valence-electron chi connectivity index (χ3n) is 4.13. The lowest BCUT2D eigenvalue weighted by Crippen LogP contribution is -2.51. The summed E-state index contributed by atoms with van der Waals surface area (Å²) in [6.07, 6.45) is 5.65. The van der Waals surface area contributed by atoms with E-state index in [0.29, 0.717) is 31.0 Å². The largest absolute Gasteiger partial charge is 0.351 e. The van der Waals surface area contributed by atoms with Crippen LogP contribution in [0.3, 0.4) is 0 Å². The molecule has 3 atom stereocenters. The Labute approximate surface area is 101 Å². The molecule has 3 N–H and O–H groups in total. The van der Waals surface area contributed by atoms with Crippen LogP contribution in [0, 0.1) is 0 Å². The summed E-state index contributed by atoms with van der Waals surface area (Å²) in [6.45, 7) is 0. The lowest BCUT2D eigenvalue weighted by molar-refractivity contribution is -0.126. The summed E-state index contributed by atoms with van der Waals surface area (Å²) in [5.41, 5.74) is 0. The third kappa shape index (κ3) is 2.29. The van der Waals surface area contributed by atoms with Crippen LogP contribution in [0.2, 0.25) is 0 Å². The van der Waals surface area contributed by atoms with Crippen LogP contribution in [0.4, 0.5) is 0 Å². The SMILES string of the molecule is O=C1CCC(C(=O)NC2CC3CCC(C2)N3)N1. The maximum absolute atomic E-state index is 11.9. The fraction of sp³-hybridized carbons (Fsp3) is 0.833. The number of carbonyl (C=O) groups is 2. The van der Waals surface area contributed by atoms with Crippen molar-refractivity contribution in [3.05, 3.63) is 0 Å². The lowest BCUT2D eigenvalue weighted by Gasteiger charge is -2.30. The van der Waals surface area contributed by atoms with E-state index in [1.54, 1.807) is 0 Å². The van der Waals surface area contributed by atoms with Crippen molar-refractivity contribution in [1.29, 1.82) is 0 Å². The van der Waals surface area contributed by atoms with Gasteiger partial charge in [0.2, 0.25) is 11.8 Å². The van der Waals surface area contributed by atoms with E-state index in [4.69, 9.17) is 0 Å². The summed E-state index contributed by atoms with van der Waals surface area (Å²) in [7, 11) is 0. The molecule has 3 aliphatic rings. The molecule has 0 aromatic heterocycles. The van der Waals surface area contributed by atoms with Gasteiger partial charge in [-0.05, 0) is 32.1 Å². The molecule has 5 heteroatoms. The molecule has 94 valence electrons. The Morgan fingerprint density at radius 1 is 1.18 bits per heavy atom. The first kappa shape index (κ1) is 11.0. The smallest absolute Gasteiger partial charge is 0.242 e. The number of carbonyl (C=O) groups excluding carboxylic acids is 2. The van der Waals surface area contributed by atoms with E-state index in [9.17, 15) is 9.59 Å². The van der Waals surface area contributed by atoms with Crippen molar-refractivity contribution in [1.82, 2.24) is 16.0 Å². The molecule has 3 heterocycles. The second kappa shape index (κ2) is 4.29. The van der Waals surface area contributed by atoms with Gasteiger partial charge in [-0.3, -0.25) is 9.59 Å². The molecule has 3 saturated heterocycles. The first-order chi connectivity index (χ1) is 8.20. The molecule has 0 aliphatic carbocycles. The van der Waals surface area contributed by atoms with Crippen LogP contribution in [0.1, 0.15) is 38.5 Å². The zero-order chi connectivity index (χ0) is 11.8. The molecule has 5 nitrogen and oxygen atoms in total. The molecule has 0 radical (unpaired) electrons. The number of piperidine rings is 1. The van der Waals surface area contributed by atoms with Crippen LogP contribution < -0.4 is 16.0 Å². The average Bonchev–Trinajstić information content (AvgIpc) is 2.85. The Hall–Kier alpha value is -1.10. The standard InChI is InChI=1S/C12H19N3O2/c16-11-4-3-10(15-11)12(17)14-9-5-7-1-2-8(6-9)13-7/h7-10,13H,1-6H2,(H,14,17)(H,15,16). The highest BCUT2D eigenvalue weighted by Gasteiger charge is 2.35. The van der Waals surface area contributed by atoms with E-state index < -0.39 is 0 Å². The zero-order valence-electron chi connectivity index (χ0n) is 9.87. The second-order valence-corrected chi connectivity index (χ2v) is 5.47. The highest BCUT2D eigenvalue weighted by Crippen LogP contribution is 2.26. The molecule has 17 heavy (non-hydrogen) atoms. The van der Waals surface area contributed by atoms with E-state index >= 15 is 0 Å². The van der Waals surface area contributed by atoms with Crippen molar-refractivity contribution < 1.29 is 9.59 Å². The first-order valence-corrected chi connectivity index (χ1v) is 6.56. The van der Waals surface area contributed by atoms with Crippen LogP contribution in [-0.4, -0.2) is 36.0 Å². The van der Waals surface area contributed by atoms with Gasteiger partial charge in [0.15, 0.2) is 0 Å². The minimum absolute atomic E-state index is 0.00199. The van der Waals surface area contributed by atoms with Crippen molar-refractivity contribution in [2.45, 2.75) is 62.7 Å². The minimum atomic E-state index is -0.296. The van der Waals surface area contributed by atoms with Crippen LogP contribution in [0.25, 0.3) is 0 Å². The molecule has 3 aliphatic heterocycles. The van der Waals surface area contributed by atoms with Crippen molar-refractivity contribution in [3.8, 4) is 0 Å². The zero-order valence-corrected chi connectivity index (χ0v) is 9.87. The predicted octanol–water partition coefficient (Wildman–Crippen LogP) is -0.336. The van der Waals surface area contributed by atoms with Gasteiger partial charge in [0.05, 0.1) is 0 Å². The Morgan fingerprint density at radius 3 is 2.47 bits per heavy atom. The molecular formula is C12H19N3O2.